The van der Waals surface area contributed by atoms with Crippen molar-refractivity contribution in [2.24, 2.45) is 5.92 Å². The lowest BCUT2D eigenvalue weighted by Gasteiger charge is -2.26. The molecule has 0 aromatic carbocycles. The maximum absolute atomic E-state index is 5.76. The lowest BCUT2D eigenvalue weighted by atomic mass is 10.2. The smallest absolute Gasteiger partial charge is 0.171 e. The van der Waals surface area contributed by atoms with Crippen molar-refractivity contribution in [2.45, 2.75) is 25.8 Å². The normalized spacial score (nSPS) is 17.9. The predicted octanol–water partition coefficient (Wildman–Crippen LogP) is 1.29. The lowest BCUT2D eigenvalue weighted by Crippen LogP contribution is -2.32. The number of hydrogen-bond acceptors (Lipinski definition) is 4. The third-order valence-corrected chi connectivity index (χ3v) is 2.96. The minimum atomic E-state index is 0.508. The fraction of sp³-hybridized carbons (Fsp3) is 0.600. The topological polar surface area (TPSA) is 55.0 Å². The summed E-state index contributed by atoms with van der Waals surface area (Å²) < 4.78 is 0. The predicted molar refractivity (Wildman–Crippen MR) is 57.0 cm³/mol. The number of rotatable bonds is 3. The maximum Gasteiger partial charge on any atom is 0.171 e. The molecule has 0 aliphatic heterocycles. The first-order valence-corrected chi connectivity index (χ1v) is 4.99. The Kier molecular flexibility index (Phi) is 2.27. The molecule has 1 heterocycles. The molecule has 4 heteroatoms. The first kappa shape index (κ1) is 9.24. The summed E-state index contributed by atoms with van der Waals surface area (Å²) in [5.74, 6) is 2.12. The number of anilines is 2. The van der Waals surface area contributed by atoms with Gasteiger partial charge in [0.05, 0.1) is 0 Å². The second-order valence-electron chi connectivity index (χ2n) is 3.95. The molecule has 76 valence electrons. The van der Waals surface area contributed by atoms with Crippen LogP contribution in [0.15, 0.2) is 12.4 Å². The summed E-state index contributed by atoms with van der Waals surface area (Å²) in [6.45, 7) is 2.21. The number of nitrogens with two attached hydrogens (primary N) is 1. The molecular formula is C10H16N4. The van der Waals surface area contributed by atoms with Crippen LogP contribution in [-0.4, -0.2) is 23.1 Å². The van der Waals surface area contributed by atoms with Gasteiger partial charge in [0.2, 0.25) is 0 Å². The fourth-order valence-corrected chi connectivity index (χ4v) is 1.70. The first-order chi connectivity index (χ1) is 6.70. The molecule has 0 amide bonds. The van der Waals surface area contributed by atoms with Crippen LogP contribution in [0.3, 0.4) is 0 Å². The number of nitrogens with zero attached hydrogens (tertiary/aromatic N) is 3. The van der Waals surface area contributed by atoms with Crippen molar-refractivity contribution in [3.63, 3.8) is 0 Å². The van der Waals surface area contributed by atoms with Gasteiger partial charge >= 0.3 is 0 Å². The van der Waals surface area contributed by atoms with Crippen LogP contribution in [0, 0.1) is 5.92 Å². The summed E-state index contributed by atoms with van der Waals surface area (Å²) in [6.07, 6.45) is 5.95. The van der Waals surface area contributed by atoms with Gasteiger partial charge in [-0.3, -0.25) is 0 Å². The second kappa shape index (κ2) is 3.44. The summed E-state index contributed by atoms with van der Waals surface area (Å²) in [6, 6.07) is 0.508. The number of hydrogen-bond donors (Lipinski definition) is 1. The Morgan fingerprint density at radius 1 is 1.43 bits per heavy atom. The summed E-state index contributed by atoms with van der Waals surface area (Å²) in [5.41, 5.74) is 5.76. The van der Waals surface area contributed by atoms with Crippen molar-refractivity contribution >= 4 is 11.6 Å². The Balaban J connectivity index is 2.17. The van der Waals surface area contributed by atoms with E-state index in [9.17, 15) is 0 Å². The van der Waals surface area contributed by atoms with E-state index in [2.05, 4.69) is 21.8 Å². The molecule has 2 rings (SSSR count). The van der Waals surface area contributed by atoms with E-state index in [1.807, 2.05) is 7.05 Å². The molecule has 1 aromatic rings. The molecule has 2 N–H and O–H groups in total. The Bertz CT molecular complexity index is 322. The van der Waals surface area contributed by atoms with Gasteiger partial charge in [-0.05, 0) is 25.7 Å². The molecule has 0 saturated heterocycles. The van der Waals surface area contributed by atoms with Crippen LogP contribution in [0.5, 0.6) is 0 Å². The molecule has 1 fully saturated rings. The minimum absolute atomic E-state index is 0.508. The van der Waals surface area contributed by atoms with Gasteiger partial charge in [0.15, 0.2) is 11.6 Å². The van der Waals surface area contributed by atoms with Gasteiger partial charge in [-0.15, -0.1) is 0 Å². The Morgan fingerprint density at radius 3 is 2.64 bits per heavy atom. The summed E-state index contributed by atoms with van der Waals surface area (Å²) >= 11 is 0. The molecule has 1 saturated carbocycles. The van der Waals surface area contributed by atoms with E-state index in [4.69, 9.17) is 5.73 Å². The second-order valence-corrected chi connectivity index (χ2v) is 3.95. The zero-order chi connectivity index (χ0) is 10.1. The van der Waals surface area contributed by atoms with E-state index < -0.39 is 0 Å². The highest BCUT2D eigenvalue weighted by molar-refractivity contribution is 5.57. The van der Waals surface area contributed by atoms with E-state index in [0.29, 0.717) is 11.9 Å². The maximum atomic E-state index is 5.76. The molecule has 1 aliphatic rings. The minimum Gasteiger partial charge on any atom is -0.381 e. The first-order valence-electron chi connectivity index (χ1n) is 4.99. The molecule has 1 atom stereocenters. The Labute approximate surface area is 84.2 Å². The van der Waals surface area contributed by atoms with Crippen molar-refractivity contribution < 1.29 is 0 Å². The average Bonchev–Trinajstić information content (AvgIpc) is 3.00. The highest BCUT2D eigenvalue weighted by Crippen LogP contribution is 2.36. The Morgan fingerprint density at radius 2 is 2.07 bits per heavy atom. The molecule has 4 nitrogen and oxygen atoms in total. The van der Waals surface area contributed by atoms with Crippen molar-refractivity contribution in [1.82, 2.24) is 9.97 Å². The highest BCUT2D eigenvalue weighted by Gasteiger charge is 2.31. The SMILES string of the molecule is CC(C1CC1)N(C)c1nccnc1N. The molecule has 0 spiro atoms. The van der Waals surface area contributed by atoms with Crippen LogP contribution in [0.25, 0.3) is 0 Å². The van der Waals surface area contributed by atoms with Crippen LogP contribution >= 0.6 is 0 Å². The van der Waals surface area contributed by atoms with Crippen LogP contribution in [0.2, 0.25) is 0 Å². The largest absolute Gasteiger partial charge is 0.381 e. The van der Waals surface area contributed by atoms with Crippen molar-refractivity contribution in [3.8, 4) is 0 Å². The van der Waals surface area contributed by atoms with E-state index in [-0.39, 0.29) is 0 Å². The average molecular weight is 192 g/mol. The molecule has 1 aliphatic carbocycles. The van der Waals surface area contributed by atoms with Crippen LogP contribution in [0.4, 0.5) is 11.6 Å². The van der Waals surface area contributed by atoms with Gasteiger partial charge in [-0.1, -0.05) is 0 Å². The zero-order valence-corrected chi connectivity index (χ0v) is 8.64. The van der Waals surface area contributed by atoms with Gasteiger partial charge in [0.25, 0.3) is 0 Å². The molecule has 1 unspecified atom stereocenters. The molecular weight excluding hydrogens is 176 g/mol. The van der Waals surface area contributed by atoms with E-state index in [0.717, 1.165) is 11.7 Å². The van der Waals surface area contributed by atoms with Crippen molar-refractivity contribution in [2.75, 3.05) is 17.7 Å². The van der Waals surface area contributed by atoms with E-state index >= 15 is 0 Å². The van der Waals surface area contributed by atoms with Crippen LogP contribution in [-0.2, 0) is 0 Å². The van der Waals surface area contributed by atoms with Crippen LogP contribution in [0.1, 0.15) is 19.8 Å². The third kappa shape index (κ3) is 1.64. The molecule has 1 aromatic heterocycles. The third-order valence-electron chi connectivity index (χ3n) is 2.96. The molecule has 0 bridgehead atoms. The van der Waals surface area contributed by atoms with E-state index in [1.54, 1.807) is 12.4 Å². The van der Waals surface area contributed by atoms with Gasteiger partial charge in [0, 0.05) is 25.5 Å². The van der Waals surface area contributed by atoms with Crippen molar-refractivity contribution in [3.05, 3.63) is 12.4 Å². The number of aromatic nitrogens is 2. The van der Waals surface area contributed by atoms with Crippen LogP contribution < -0.4 is 10.6 Å². The Hall–Kier alpha value is -1.32. The van der Waals surface area contributed by atoms with Gasteiger partial charge in [-0.25, -0.2) is 9.97 Å². The molecule has 14 heavy (non-hydrogen) atoms. The summed E-state index contributed by atoms with van der Waals surface area (Å²) in [5, 5.41) is 0. The van der Waals surface area contributed by atoms with Crippen molar-refractivity contribution in [1.29, 1.82) is 0 Å². The highest BCUT2D eigenvalue weighted by atomic mass is 15.2. The quantitative estimate of drug-likeness (QED) is 0.784. The lowest BCUT2D eigenvalue weighted by molar-refractivity contribution is 0.604. The monoisotopic (exact) mass is 192 g/mol. The number of nitrogen functional groups attached to an aromatic ring is 1. The van der Waals surface area contributed by atoms with Gasteiger partial charge in [0.1, 0.15) is 0 Å². The fourth-order valence-electron chi connectivity index (χ4n) is 1.70. The standard InChI is InChI=1S/C10H16N4/c1-7(8-3-4-8)14(2)10-9(11)12-5-6-13-10/h5-8H,3-4H2,1-2H3,(H2,11,12). The molecule has 0 radical (unpaired) electrons. The zero-order valence-electron chi connectivity index (χ0n) is 8.64. The van der Waals surface area contributed by atoms with Gasteiger partial charge < -0.3 is 10.6 Å². The van der Waals surface area contributed by atoms with Gasteiger partial charge in [-0.2, -0.15) is 0 Å². The van der Waals surface area contributed by atoms with E-state index in [1.165, 1.54) is 12.8 Å². The summed E-state index contributed by atoms with van der Waals surface area (Å²) in [7, 11) is 2.03. The summed E-state index contributed by atoms with van der Waals surface area (Å²) in [4.78, 5) is 10.4.